The molecule has 0 atom stereocenters. The fraction of sp³-hybridized carbons (Fsp3) is 0.100. The van der Waals surface area contributed by atoms with E-state index in [9.17, 15) is 27.2 Å². The monoisotopic (exact) mass is 407 g/mol. The normalized spacial score (nSPS) is 13.7. The molecule has 5 nitrogen and oxygen atoms in total. The summed E-state index contributed by atoms with van der Waals surface area (Å²) >= 11 is 0. The quantitative estimate of drug-likeness (QED) is 0.733. The van der Waals surface area contributed by atoms with Crippen LogP contribution in [0.15, 0.2) is 66.4 Å². The van der Waals surface area contributed by atoms with Gasteiger partial charge in [0.25, 0.3) is 5.91 Å². The maximum absolute atomic E-state index is 13.1. The molecule has 3 rings (SSSR count). The second-order valence-corrected chi connectivity index (χ2v) is 5.89. The Balaban J connectivity index is 1.92. The molecule has 1 aliphatic carbocycles. The Kier molecular flexibility index (Phi) is 5.67. The lowest BCUT2D eigenvalue weighted by molar-refractivity contribution is -0.274. The van der Waals surface area contributed by atoms with E-state index in [1.807, 2.05) is 0 Å². The van der Waals surface area contributed by atoms with E-state index in [2.05, 4.69) is 10.1 Å². The van der Waals surface area contributed by atoms with Crippen molar-refractivity contribution >= 4 is 11.7 Å². The summed E-state index contributed by atoms with van der Waals surface area (Å²) in [6.45, 7) is 0. The summed E-state index contributed by atoms with van der Waals surface area (Å²) in [5.41, 5.74) is -0.0930. The number of allylic oxidation sites excluding steroid dienone is 3. The maximum Gasteiger partial charge on any atom is 0.573 e. The van der Waals surface area contributed by atoms with Gasteiger partial charge in [-0.15, -0.1) is 13.2 Å². The molecule has 0 unspecified atom stereocenters. The number of halogens is 4. The Morgan fingerprint density at radius 2 is 1.72 bits per heavy atom. The van der Waals surface area contributed by atoms with Crippen LogP contribution in [-0.4, -0.2) is 18.1 Å². The molecule has 1 aliphatic rings. The molecule has 0 spiro atoms. The Bertz CT molecular complexity index is 995. The van der Waals surface area contributed by atoms with E-state index in [0.717, 1.165) is 30.3 Å². The first kappa shape index (κ1) is 20.1. The van der Waals surface area contributed by atoms with E-state index < -0.39 is 23.8 Å². The molecular weight excluding hydrogens is 394 g/mol. The average molecular weight is 407 g/mol. The second-order valence-electron chi connectivity index (χ2n) is 5.89. The third kappa shape index (κ3) is 5.68. The van der Waals surface area contributed by atoms with Crippen molar-refractivity contribution in [2.45, 2.75) is 12.8 Å². The highest BCUT2D eigenvalue weighted by Crippen LogP contribution is 2.31. The van der Waals surface area contributed by atoms with Crippen molar-refractivity contribution in [1.82, 2.24) is 5.32 Å². The van der Waals surface area contributed by atoms with Crippen molar-refractivity contribution in [3.63, 3.8) is 0 Å². The number of carbonyl (C=O) groups is 2. The Labute approximate surface area is 162 Å². The van der Waals surface area contributed by atoms with Crippen molar-refractivity contribution < 1.29 is 36.6 Å². The predicted molar refractivity (Wildman–Crippen MR) is 93.9 cm³/mol. The number of alkyl halides is 3. The summed E-state index contributed by atoms with van der Waals surface area (Å²) in [6.07, 6.45) is -0.525. The third-order valence-electron chi connectivity index (χ3n) is 3.66. The van der Waals surface area contributed by atoms with E-state index in [4.69, 9.17) is 4.74 Å². The second kappa shape index (κ2) is 8.17. The van der Waals surface area contributed by atoms with E-state index >= 15 is 0 Å². The van der Waals surface area contributed by atoms with Gasteiger partial charge < -0.3 is 14.8 Å². The SMILES string of the molecule is O=C1C=C(NC(=O)c2cc(OC(F)(F)F)ccc2Oc2ccc(F)cc2)C=CC1. The molecule has 2 aromatic carbocycles. The van der Waals surface area contributed by atoms with Gasteiger partial charge in [-0.25, -0.2) is 4.39 Å². The number of amides is 1. The summed E-state index contributed by atoms with van der Waals surface area (Å²) in [7, 11) is 0. The number of carbonyl (C=O) groups excluding carboxylic acids is 2. The predicted octanol–water partition coefficient (Wildman–Crippen LogP) is 4.66. The van der Waals surface area contributed by atoms with Gasteiger partial charge in [0.2, 0.25) is 0 Å². The fourth-order valence-corrected chi connectivity index (χ4v) is 2.46. The molecule has 0 saturated carbocycles. The maximum atomic E-state index is 13.1. The van der Waals surface area contributed by atoms with Gasteiger partial charge in [0.1, 0.15) is 23.1 Å². The molecular formula is C20H13F4NO4. The van der Waals surface area contributed by atoms with Crippen molar-refractivity contribution in [2.24, 2.45) is 0 Å². The van der Waals surface area contributed by atoms with Gasteiger partial charge in [0.15, 0.2) is 5.78 Å². The highest BCUT2D eigenvalue weighted by atomic mass is 19.4. The van der Waals surface area contributed by atoms with Crippen LogP contribution in [0, 0.1) is 5.82 Å². The Morgan fingerprint density at radius 1 is 1.03 bits per heavy atom. The molecule has 0 fully saturated rings. The van der Waals surface area contributed by atoms with Crippen LogP contribution >= 0.6 is 0 Å². The highest BCUT2D eigenvalue weighted by Gasteiger charge is 2.31. The first-order chi connectivity index (χ1) is 13.7. The average Bonchev–Trinajstić information content (AvgIpc) is 2.63. The van der Waals surface area contributed by atoms with Crippen LogP contribution in [0.1, 0.15) is 16.8 Å². The molecule has 0 saturated heterocycles. The van der Waals surface area contributed by atoms with Crippen LogP contribution in [0.2, 0.25) is 0 Å². The lowest BCUT2D eigenvalue weighted by atomic mass is 10.1. The molecule has 0 aromatic heterocycles. The van der Waals surface area contributed by atoms with Crippen molar-refractivity contribution in [3.05, 3.63) is 77.8 Å². The zero-order chi connectivity index (χ0) is 21.0. The van der Waals surface area contributed by atoms with Crippen molar-refractivity contribution in [2.75, 3.05) is 0 Å². The minimum Gasteiger partial charge on any atom is -0.457 e. The van der Waals surface area contributed by atoms with Gasteiger partial charge in [0.05, 0.1) is 5.56 Å². The summed E-state index contributed by atoms with van der Waals surface area (Å²) in [6, 6.07) is 7.79. The van der Waals surface area contributed by atoms with Crippen LogP contribution in [0.3, 0.4) is 0 Å². The zero-order valence-electron chi connectivity index (χ0n) is 14.6. The number of rotatable bonds is 5. The molecule has 1 amide bonds. The molecule has 0 radical (unpaired) electrons. The summed E-state index contributed by atoms with van der Waals surface area (Å²) < 4.78 is 60.0. The van der Waals surface area contributed by atoms with Crippen LogP contribution < -0.4 is 14.8 Å². The lowest BCUT2D eigenvalue weighted by Crippen LogP contribution is -2.24. The topological polar surface area (TPSA) is 64.6 Å². The van der Waals surface area contributed by atoms with Gasteiger partial charge in [0, 0.05) is 18.2 Å². The lowest BCUT2D eigenvalue weighted by Gasteiger charge is -2.15. The number of nitrogens with one attached hydrogen (secondary N) is 1. The van der Waals surface area contributed by atoms with E-state index in [-0.39, 0.29) is 35.0 Å². The third-order valence-corrected chi connectivity index (χ3v) is 3.66. The summed E-state index contributed by atoms with van der Waals surface area (Å²) in [5, 5.41) is 2.43. The first-order valence-corrected chi connectivity index (χ1v) is 8.25. The number of hydrogen-bond donors (Lipinski definition) is 1. The van der Waals surface area contributed by atoms with Gasteiger partial charge in [-0.1, -0.05) is 6.08 Å². The van der Waals surface area contributed by atoms with Gasteiger partial charge in [-0.05, 0) is 48.5 Å². The number of ether oxygens (including phenoxy) is 2. The van der Waals surface area contributed by atoms with Crippen LogP contribution in [0.4, 0.5) is 17.6 Å². The van der Waals surface area contributed by atoms with Crippen LogP contribution in [0.25, 0.3) is 0 Å². The number of ketones is 1. The Morgan fingerprint density at radius 3 is 2.38 bits per heavy atom. The highest BCUT2D eigenvalue weighted by molar-refractivity contribution is 6.00. The van der Waals surface area contributed by atoms with E-state index in [1.165, 1.54) is 30.4 Å². The number of benzene rings is 2. The summed E-state index contributed by atoms with van der Waals surface area (Å²) in [4.78, 5) is 24.1. The minimum absolute atomic E-state index is 0.0876. The molecule has 0 aliphatic heterocycles. The van der Waals surface area contributed by atoms with Gasteiger partial charge in [-0.3, -0.25) is 9.59 Å². The molecule has 150 valence electrons. The van der Waals surface area contributed by atoms with Gasteiger partial charge in [-0.2, -0.15) is 0 Å². The first-order valence-electron chi connectivity index (χ1n) is 8.25. The Hall–Kier alpha value is -3.62. The van der Waals surface area contributed by atoms with E-state index in [1.54, 1.807) is 0 Å². The van der Waals surface area contributed by atoms with Gasteiger partial charge >= 0.3 is 6.36 Å². The largest absolute Gasteiger partial charge is 0.573 e. The molecule has 1 N–H and O–H groups in total. The smallest absolute Gasteiger partial charge is 0.457 e. The standard InChI is InChI=1S/C20H13F4NO4/c21-12-4-6-15(7-5-12)28-18-9-8-16(29-20(22,23)24)11-17(18)19(27)25-13-2-1-3-14(26)10-13/h1-2,4-11H,3H2,(H,25,27). The van der Waals surface area contributed by atoms with Crippen LogP contribution in [0.5, 0.6) is 17.2 Å². The minimum atomic E-state index is -4.95. The van der Waals surface area contributed by atoms with Crippen molar-refractivity contribution in [3.8, 4) is 17.2 Å². The fourth-order valence-electron chi connectivity index (χ4n) is 2.46. The molecule has 0 heterocycles. The van der Waals surface area contributed by atoms with Crippen molar-refractivity contribution in [1.29, 1.82) is 0 Å². The van der Waals surface area contributed by atoms with Crippen LogP contribution in [-0.2, 0) is 4.79 Å². The molecule has 9 heteroatoms. The molecule has 29 heavy (non-hydrogen) atoms. The van der Waals surface area contributed by atoms with E-state index in [0.29, 0.717) is 0 Å². The molecule has 2 aromatic rings. The molecule has 0 bridgehead atoms. The zero-order valence-corrected chi connectivity index (χ0v) is 14.6. The summed E-state index contributed by atoms with van der Waals surface area (Å²) in [5.74, 6) is -2.12. The number of hydrogen-bond acceptors (Lipinski definition) is 4.